The van der Waals surface area contributed by atoms with Crippen molar-refractivity contribution in [3.05, 3.63) is 43.0 Å². The second-order valence-corrected chi connectivity index (χ2v) is 7.82. The summed E-state index contributed by atoms with van der Waals surface area (Å²) in [7, 11) is 0. The molecule has 0 saturated carbocycles. The Morgan fingerprint density at radius 3 is 2.38 bits per heavy atom. The highest BCUT2D eigenvalue weighted by Gasteiger charge is 2.15. The van der Waals surface area contributed by atoms with Crippen LogP contribution in [-0.4, -0.2) is 22.7 Å². The number of halogens is 2. The fourth-order valence-corrected chi connectivity index (χ4v) is 4.12. The zero-order valence-corrected chi connectivity index (χ0v) is 17.5. The minimum atomic E-state index is -0.911. The van der Waals surface area contributed by atoms with Crippen LogP contribution in [0, 0.1) is 7.14 Å². The third kappa shape index (κ3) is 4.88. The number of hydrogen-bond donors (Lipinski definition) is 3. The predicted octanol–water partition coefficient (Wildman–Crippen LogP) is 5.01. The van der Waals surface area contributed by atoms with Crippen molar-refractivity contribution in [3.8, 4) is 17.2 Å². The second-order valence-electron chi connectivity index (χ2n) is 5.50. The Hall–Kier alpha value is -1.23. The van der Waals surface area contributed by atoms with Gasteiger partial charge in [-0.05, 0) is 81.4 Å². The van der Waals surface area contributed by atoms with Gasteiger partial charge in [0.15, 0.2) is 5.75 Å². The quantitative estimate of drug-likeness (QED) is 0.439. The standard InChI is InChI=1S/C17H17I2NO4/c1-9(2)12-7-11(21)3-4-15(12)24-17-13(18)5-10(6-14(17)19)20-8-16(22)23/h3-7,9,20-21H,8H2,1-2H3,(H,22,23). The summed E-state index contributed by atoms with van der Waals surface area (Å²) < 4.78 is 7.84. The maximum Gasteiger partial charge on any atom is 0.322 e. The largest absolute Gasteiger partial charge is 0.508 e. The van der Waals surface area contributed by atoms with Crippen LogP contribution in [0.2, 0.25) is 0 Å². The van der Waals surface area contributed by atoms with Crippen molar-refractivity contribution < 1.29 is 19.7 Å². The van der Waals surface area contributed by atoms with Crippen LogP contribution in [0.3, 0.4) is 0 Å². The monoisotopic (exact) mass is 553 g/mol. The molecule has 0 aliphatic heterocycles. The van der Waals surface area contributed by atoms with Crippen molar-refractivity contribution in [2.75, 3.05) is 11.9 Å². The Bertz CT molecular complexity index is 739. The molecule has 0 spiro atoms. The van der Waals surface area contributed by atoms with E-state index >= 15 is 0 Å². The number of carboxylic acid groups (broad SMARTS) is 1. The smallest absolute Gasteiger partial charge is 0.322 e. The number of phenolic OH excluding ortho intramolecular Hbond substituents is 1. The van der Waals surface area contributed by atoms with E-state index in [1.165, 1.54) is 0 Å². The van der Waals surface area contributed by atoms with Crippen LogP contribution in [0.25, 0.3) is 0 Å². The second kappa shape index (κ2) is 8.24. The van der Waals surface area contributed by atoms with E-state index in [0.29, 0.717) is 11.5 Å². The van der Waals surface area contributed by atoms with Gasteiger partial charge in [-0.3, -0.25) is 4.79 Å². The summed E-state index contributed by atoms with van der Waals surface area (Å²) in [6, 6.07) is 8.76. The Morgan fingerprint density at radius 2 is 1.83 bits per heavy atom. The Morgan fingerprint density at radius 1 is 1.21 bits per heavy atom. The molecule has 0 amide bonds. The minimum Gasteiger partial charge on any atom is -0.508 e. The van der Waals surface area contributed by atoms with Gasteiger partial charge in [0.05, 0.1) is 7.14 Å². The van der Waals surface area contributed by atoms with Gasteiger partial charge in [-0.2, -0.15) is 0 Å². The summed E-state index contributed by atoms with van der Waals surface area (Å²) in [5, 5.41) is 21.3. The number of carbonyl (C=O) groups is 1. The van der Waals surface area contributed by atoms with E-state index in [2.05, 4.69) is 50.5 Å². The normalized spacial score (nSPS) is 10.7. The van der Waals surface area contributed by atoms with Gasteiger partial charge in [-0.25, -0.2) is 0 Å². The molecule has 5 nitrogen and oxygen atoms in total. The molecule has 0 saturated heterocycles. The first-order chi connectivity index (χ1) is 11.3. The summed E-state index contributed by atoms with van der Waals surface area (Å²) in [6.45, 7) is 3.94. The Kier molecular flexibility index (Phi) is 6.55. The third-order valence-corrected chi connectivity index (χ3v) is 4.87. The molecule has 3 N–H and O–H groups in total. The van der Waals surface area contributed by atoms with Crippen LogP contribution < -0.4 is 10.1 Å². The van der Waals surface area contributed by atoms with Gasteiger partial charge in [-0.1, -0.05) is 13.8 Å². The van der Waals surface area contributed by atoms with Crippen LogP contribution in [0.15, 0.2) is 30.3 Å². The molecule has 0 radical (unpaired) electrons. The fourth-order valence-electron chi connectivity index (χ4n) is 2.13. The number of aliphatic carboxylic acids is 1. The average Bonchev–Trinajstić information content (AvgIpc) is 2.49. The van der Waals surface area contributed by atoms with E-state index in [-0.39, 0.29) is 18.2 Å². The molecule has 128 valence electrons. The van der Waals surface area contributed by atoms with E-state index in [9.17, 15) is 9.90 Å². The van der Waals surface area contributed by atoms with Gasteiger partial charge in [0.2, 0.25) is 0 Å². The number of anilines is 1. The van der Waals surface area contributed by atoms with Crippen LogP contribution >= 0.6 is 45.2 Å². The molecule has 0 aromatic heterocycles. The first-order valence-corrected chi connectivity index (χ1v) is 9.39. The number of aromatic hydroxyl groups is 1. The molecular formula is C17H17I2NO4. The van der Waals surface area contributed by atoms with Crippen molar-refractivity contribution in [1.29, 1.82) is 0 Å². The highest BCUT2D eigenvalue weighted by Crippen LogP contribution is 2.38. The molecule has 0 aliphatic rings. The highest BCUT2D eigenvalue weighted by atomic mass is 127. The lowest BCUT2D eigenvalue weighted by molar-refractivity contribution is -0.134. The lowest BCUT2D eigenvalue weighted by Crippen LogP contribution is -2.12. The summed E-state index contributed by atoms with van der Waals surface area (Å²) in [6.07, 6.45) is 0. The maximum atomic E-state index is 10.7. The van der Waals surface area contributed by atoms with Gasteiger partial charge >= 0.3 is 5.97 Å². The molecule has 0 fully saturated rings. The maximum absolute atomic E-state index is 10.7. The summed E-state index contributed by atoms with van der Waals surface area (Å²) >= 11 is 4.33. The van der Waals surface area contributed by atoms with Crippen LogP contribution in [-0.2, 0) is 4.79 Å². The van der Waals surface area contributed by atoms with Crippen LogP contribution in [0.1, 0.15) is 25.3 Å². The molecule has 7 heteroatoms. The van der Waals surface area contributed by atoms with Crippen LogP contribution in [0.4, 0.5) is 5.69 Å². The predicted molar refractivity (Wildman–Crippen MR) is 110 cm³/mol. The first kappa shape index (κ1) is 19.1. The molecular weight excluding hydrogens is 536 g/mol. The van der Waals surface area contributed by atoms with Gasteiger partial charge in [0, 0.05) is 11.3 Å². The number of rotatable bonds is 6. The van der Waals surface area contributed by atoms with E-state index in [4.69, 9.17) is 9.84 Å². The van der Waals surface area contributed by atoms with Gasteiger partial charge in [0.25, 0.3) is 0 Å². The first-order valence-electron chi connectivity index (χ1n) is 7.23. The summed E-state index contributed by atoms with van der Waals surface area (Å²) in [4.78, 5) is 10.7. The topological polar surface area (TPSA) is 78.8 Å². The molecule has 0 aliphatic carbocycles. The summed E-state index contributed by atoms with van der Waals surface area (Å²) in [5.41, 5.74) is 1.66. The number of benzene rings is 2. The molecule has 0 atom stereocenters. The summed E-state index contributed by atoms with van der Waals surface area (Å²) in [5.74, 6) is 0.920. The van der Waals surface area contributed by atoms with E-state index in [0.717, 1.165) is 18.4 Å². The third-order valence-electron chi connectivity index (χ3n) is 3.27. The molecule has 0 bridgehead atoms. The lowest BCUT2D eigenvalue weighted by Gasteiger charge is -2.17. The minimum absolute atomic E-state index is 0.137. The van der Waals surface area contributed by atoms with Gasteiger partial charge in [0.1, 0.15) is 18.0 Å². The SMILES string of the molecule is CC(C)c1cc(O)ccc1Oc1c(I)cc(NCC(=O)O)cc1I. The van der Waals surface area contributed by atoms with E-state index in [1.54, 1.807) is 18.2 Å². The Balaban J connectivity index is 2.32. The lowest BCUT2D eigenvalue weighted by atomic mass is 10.0. The Labute approximate surface area is 167 Å². The van der Waals surface area contributed by atoms with Crippen molar-refractivity contribution in [2.45, 2.75) is 19.8 Å². The van der Waals surface area contributed by atoms with Gasteiger partial charge in [-0.15, -0.1) is 0 Å². The number of ether oxygens (including phenoxy) is 1. The number of phenols is 1. The number of carboxylic acids is 1. The number of nitrogens with one attached hydrogen (secondary N) is 1. The van der Waals surface area contributed by atoms with E-state index in [1.807, 2.05) is 26.0 Å². The van der Waals surface area contributed by atoms with Crippen molar-refractivity contribution >= 4 is 56.8 Å². The van der Waals surface area contributed by atoms with E-state index < -0.39 is 5.97 Å². The van der Waals surface area contributed by atoms with Gasteiger partial charge < -0.3 is 20.3 Å². The molecule has 2 rings (SSSR count). The zero-order chi connectivity index (χ0) is 17.9. The van der Waals surface area contributed by atoms with Crippen molar-refractivity contribution in [2.24, 2.45) is 0 Å². The number of hydrogen-bond acceptors (Lipinski definition) is 4. The molecule has 2 aromatic rings. The fraction of sp³-hybridized carbons (Fsp3) is 0.235. The zero-order valence-electron chi connectivity index (χ0n) is 13.1. The van der Waals surface area contributed by atoms with Crippen molar-refractivity contribution in [1.82, 2.24) is 0 Å². The molecule has 24 heavy (non-hydrogen) atoms. The molecule has 2 aromatic carbocycles. The average molecular weight is 553 g/mol. The highest BCUT2D eigenvalue weighted by molar-refractivity contribution is 14.1. The molecule has 0 unspecified atom stereocenters. The molecule has 0 heterocycles. The van der Waals surface area contributed by atoms with Crippen molar-refractivity contribution in [3.63, 3.8) is 0 Å². The van der Waals surface area contributed by atoms with Crippen LogP contribution in [0.5, 0.6) is 17.2 Å².